The highest BCUT2D eigenvalue weighted by Crippen LogP contribution is 2.44. The Balaban J connectivity index is 1.52. The smallest absolute Gasteiger partial charge is 0.144 e. The average molecular weight is 432 g/mol. The van der Waals surface area contributed by atoms with E-state index < -0.39 is 0 Å². The fourth-order valence-corrected chi connectivity index (χ4v) is 5.77. The molecule has 0 spiro atoms. The minimum Gasteiger partial charge on any atom is -0.455 e. The molecule has 5 aromatic rings. The van der Waals surface area contributed by atoms with Crippen LogP contribution in [-0.2, 0) is 5.41 Å². The number of rotatable bonds is 4. The van der Waals surface area contributed by atoms with Gasteiger partial charge in [-0.25, -0.2) is 0 Å². The normalized spacial score (nSPS) is 15.0. The molecule has 2 aromatic heterocycles. The molecule has 0 unspecified atom stereocenters. The molecule has 0 amide bonds. The highest BCUT2D eigenvalue weighted by Gasteiger charge is 2.33. The standard InChI is InChI=1S/C31H29NO/c1-31(2,22-12-6-7-13-22)23-18-19-32-27(20-23)25-15-8-16-26-29-24(21-10-4-3-5-11-21)14-9-17-28(29)33-30(25)26/h3-5,8-11,14-20,22H,6-7,12-13H2,1-2H3. The van der Waals surface area contributed by atoms with Crippen LogP contribution in [0.25, 0.3) is 44.3 Å². The van der Waals surface area contributed by atoms with Gasteiger partial charge < -0.3 is 4.42 Å². The molecule has 0 atom stereocenters. The van der Waals surface area contributed by atoms with Crippen molar-refractivity contribution in [2.75, 3.05) is 0 Å². The monoisotopic (exact) mass is 431 g/mol. The molecule has 0 radical (unpaired) electrons. The number of nitrogens with zero attached hydrogens (tertiary/aromatic N) is 1. The van der Waals surface area contributed by atoms with Crippen LogP contribution < -0.4 is 0 Å². The second kappa shape index (κ2) is 7.88. The maximum atomic E-state index is 6.49. The van der Waals surface area contributed by atoms with Crippen molar-refractivity contribution in [3.8, 4) is 22.4 Å². The Morgan fingerprint density at radius 3 is 2.39 bits per heavy atom. The van der Waals surface area contributed by atoms with E-state index in [0.29, 0.717) is 0 Å². The summed E-state index contributed by atoms with van der Waals surface area (Å²) in [5.74, 6) is 0.739. The van der Waals surface area contributed by atoms with E-state index in [1.54, 1.807) is 0 Å². The summed E-state index contributed by atoms with van der Waals surface area (Å²) in [4.78, 5) is 4.79. The number of furan rings is 1. The molecule has 0 N–H and O–H groups in total. The molecular formula is C31H29NO. The summed E-state index contributed by atoms with van der Waals surface area (Å²) in [6.07, 6.45) is 7.33. The lowest BCUT2D eigenvalue weighted by Crippen LogP contribution is -2.26. The van der Waals surface area contributed by atoms with Crippen LogP contribution in [0, 0.1) is 5.92 Å². The third kappa shape index (κ3) is 3.36. The van der Waals surface area contributed by atoms with Crippen molar-refractivity contribution < 1.29 is 4.42 Å². The highest BCUT2D eigenvalue weighted by atomic mass is 16.3. The zero-order valence-corrected chi connectivity index (χ0v) is 19.3. The van der Waals surface area contributed by atoms with Crippen LogP contribution >= 0.6 is 0 Å². The summed E-state index contributed by atoms with van der Waals surface area (Å²) >= 11 is 0. The Morgan fingerprint density at radius 1 is 0.818 bits per heavy atom. The zero-order chi connectivity index (χ0) is 22.4. The van der Waals surface area contributed by atoms with E-state index in [-0.39, 0.29) is 5.41 Å². The van der Waals surface area contributed by atoms with Gasteiger partial charge in [-0.05, 0) is 65.1 Å². The van der Waals surface area contributed by atoms with Gasteiger partial charge in [-0.3, -0.25) is 4.98 Å². The lowest BCUT2D eigenvalue weighted by molar-refractivity contribution is 0.325. The highest BCUT2D eigenvalue weighted by molar-refractivity contribution is 6.15. The molecule has 0 aliphatic heterocycles. The molecule has 0 bridgehead atoms. The fraction of sp³-hybridized carbons (Fsp3) is 0.258. The number of hydrogen-bond donors (Lipinski definition) is 0. The Kier molecular flexibility index (Phi) is 4.83. The second-order valence-corrected chi connectivity index (χ2v) is 9.96. The van der Waals surface area contributed by atoms with E-state index in [1.807, 2.05) is 6.20 Å². The number of hydrogen-bond acceptors (Lipinski definition) is 2. The summed E-state index contributed by atoms with van der Waals surface area (Å²) in [5.41, 5.74) is 7.81. The third-order valence-corrected chi connectivity index (χ3v) is 7.76. The first-order valence-corrected chi connectivity index (χ1v) is 12.1. The molecule has 1 aliphatic carbocycles. The van der Waals surface area contributed by atoms with Crippen LogP contribution in [-0.4, -0.2) is 4.98 Å². The first kappa shape index (κ1) is 20.2. The van der Waals surface area contributed by atoms with Crippen molar-refractivity contribution in [1.29, 1.82) is 0 Å². The van der Waals surface area contributed by atoms with E-state index in [0.717, 1.165) is 33.7 Å². The first-order valence-electron chi connectivity index (χ1n) is 12.1. The fourth-order valence-electron chi connectivity index (χ4n) is 5.77. The molecular weight excluding hydrogens is 402 g/mol. The van der Waals surface area contributed by atoms with Gasteiger partial charge in [0, 0.05) is 22.5 Å². The molecule has 164 valence electrons. The molecule has 2 heteroatoms. The van der Waals surface area contributed by atoms with E-state index in [9.17, 15) is 0 Å². The third-order valence-electron chi connectivity index (χ3n) is 7.76. The summed E-state index contributed by atoms with van der Waals surface area (Å²) in [6.45, 7) is 4.80. The molecule has 2 nitrogen and oxygen atoms in total. The van der Waals surface area contributed by atoms with Crippen LogP contribution in [0.5, 0.6) is 0 Å². The van der Waals surface area contributed by atoms with Gasteiger partial charge in [-0.15, -0.1) is 0 Å². The van der Waals surface area contributed by atoms with Gasteiger partial charge >= 0.3 is 0 Å². The summed E-state index contributed by atoms with van der Waals surface area (Å²) in [7, 11) is 0. The van der Waals surface area contributed by atoms with Gasteiger partial charge in [0.25, 0.3) is 0 Å². The Hall–Kier alpha value is -3.39. The maximum absolute atomic E-state index is 6.49. The van der Waals surface area contributed by atoms with Crippen LogP contribution in [0.4, 0.5) is 0 Å². The first-order chi connectivity index (χ1) is 16.1. The Labute approximate surface area is 195 Å². The Morgan fingerprint density at radius 2 is 1.58 bits per heavy atom. The van der Waals surface area contributed by atoms with Crippen molar-refractivity contribution >= 4 is 21.9 Å². The number of pyridine rings is 1. The maximum Gasteiger partial charge on any atom is 0.144 e. The number of benzene rings is 3. The molecule has 1 saturated carbocycles. The molecule has 1 fully saturated rings. The van der Waals surface area contributed by atoms with Crippen molar-refractivity contribution in [3.05, 3.63) is 90.6 Å². The van der Waals surface area contributed by atoms with Crippen molar-refractivity contribution in [3.63, 3.8) is 0 Å². The lowest BCUT2D eigenvalue weighted by Gasteiger charge is -2.32. The quantitative estimate of drug-likeness (QED) is 0.284. The van der Waals surface area contributed by atoms with Gasteiger partial charge in [0.15, 0.2) is 0 Å². The predicted octanol–water partition coefficient (Wildman–Crippen LogP) is 8.78. The van der Waals surface area contributed by atoms with Crippen LogP contribution in [0.2, 0.25) is 0 Å². The van der Waals surface area contributed by atoms with Crippen LogP contribution in [0.3, 0.4) is 0 Å². The van der Waals surface area contributed by atoms with E-state index >= 15 is 0 Å². The van der Waals surface area contributed by atoms with Gasteiger partial charge in [0.05, 0.1) is 5.69 Å². The largest absolute Gasteiger partial charge is 0.455 e. The van der Waals surface area contributed by atoms with E-state index in [2.05, 4.69) is 92.7 Å². The SMILES string of the molecule is CC(C)(c1ccnc(-c2cccc3c2oc2cccc(-c4ccccc4)c23)c1)C1CCCC1. The second-order valence-electron chi connectivity index (χ2n) is 9.96. The van der Waals surface area contributed by atoms with Crippen LogP contribution in [0.1, 0.15) is 45.1 Å². The zero-order valence-electron chi connectivity index (χ0n) is 19.3. The van der Waals surface area contributed by atoms with E-state index in [4.69, 9.17) is 9.40 Å². The lowest BCUT2D eigenvalue weighted by atomic mass is 9.72. The molecule has 0 saturated heterocycles. The van der Waals surface area contributed by atoms with Gasteiger partial charge in [0.2, 0.25) is 0 Å². The van der Waals surface area contributed by atoms with Gasteiger partial charge in [-0.2, -0.15) is 0 Å². The number of fused-ring (bicyclic) bond motifs is 3. The van der Waals surface area contributed by atoms with Gasteiger partial charge in [0.1, 0.15) is 11.2 Å². The minimum absolute atomic E-state index is 0.149. The average Bonchev–Trinajstić information content (AvgIpc) is 3.53. The molecule has 33 heavy (non-hydrogen) atoms. The number of para-hydroxylation sites is 1. The van der Waals surface area contributed by atoms with E-state index in [1.165, 1.54) is 47.8 Å². The topological polar surface area (TPSA) is 26.0 Å². The summed E-state index contributed by atoms with van der Waals surface area (Å²) in [6, 6.07) is 27.8. The predicted molar refractivity (Wildman–Crippen MR) is 137 cm³/mol. The number of aromatic nitrogens is 1. The molecule has 2 heterocycles. The van der Waals surface area contributed by atoms with Crippen molar-refractivity contribution in [1.82, 2.24) is 4.98 Å². The molecule has 1 aliphatic rings. The Bertz CT molecular complexity index is 1440. The van der Waals surface area contributed by atoms with Crippen LogP contribution in [0.15, 0.2) is 89.5 Å². The van der Waals surface area contributed by atoms with Crippen molar-refractivity contribution in [2.24, 2.45) is 5.92 Å². The molecule has 3 aromatic carbocycles. The summed E-state index contributed by atoms with van der Waals surface area (Å²) in [5, 5.41) is 2.31. The summed E-state index contributed by atoms with van der Waals surface area (Å²) < 4.78 is 6.49. The molecule has 6 rings (SSSR count). The minimum atomic E-state index is 0.149. The van der Waals surface area contributed by atoms with Gasteiger partial charge in [-0.1, -0.05) is 81.3 Å². The van der Waals surface area contributed by atoms with Crippen molar-refractivity contribution in [2.45, 2.75) is 44.9 Å².